The van der Waals surface area contributed by atoms with Gasteiger partial charge in [-0.15, -0.1) is 0 Å². The van der Waals surface area contributed by atoms with Gasteiger partial charge < -0.3 is 19.5 Å². The van der Waals surface area contributed by atoms with E-state index in [9.17, 15) is 10.2 Å². The molecule has 0 amide bonds. The molecule has 7 heteroatoms. The third-order valence-corrected chi connectivity index (χ3v) is 5.46. The number of hydrogen-bond donors (Lipinski definition) is 2. The van der Waals surface area contributed by atoms with Crippen molar-refractivity contribution >= 4 is 0 Å². The minimum absolute atomic E-state index is 0.118. The predicted octanol–water partition coefficient (Wildman–Crippen LogP) is 4.16. The minimum Gasteiger partial charge on any atom is -0.493 e. The van der Waals surface area contributed by atoms with E-state index >= 15 is 0 Å². The van der Waals surface area contributed by atoms with Crippen molar-refractivity contribution in [3.05, 3.63) is 46.6 Å². The molecule has 0 saturated heterocycles. The summed E-state index contributed by atoms with van der Waals surface area (Å²) in [5, 5.41) is 22.8. The van der Waals surface area contributed by atoms with Crippen molar-refractivity contribution in [1.29, 1.82) is 0 Å². The molecule has 172 valence electrons. The van der Waals surface area contributed by atoms with Crippen LogP contribution in [0.4, 0.5) is 0 Å². The molecule has 0 unspecified atom stereocenters. The summed E-state index contributed by atoms with van der Waals surface area (Å²) in [5.74, 6) is 1.92. The molecule has 32 heavy (non-hydrogen) atoms. The number of hydrogen-bond acceptors (Lipinski definition) is 7. The molecule has 1 aromatic carbocycles. The molecule has 7 nitrogen and oxygen atoms in total. The first-order chi connectivity index (χ1) is 15.4. The fourth-order valence-electron chi connectivity index (χ4n) is 3.61. The number of rotatable bonds is 10. The standard InChI is InChI=1S/C25H33N3O4/c1-6-19-10-20(8-17(5)23(19)31-14-18(12-29)13-30)24-27-25(32-28-24)22-9-16(4)21(11-26-22)7-15(2)3/h8-11,15,18,29-30H,6-7,12-14H2,1-5H3. The Kier molecular flexibility index (Phi) is 7.99. The van der Waals surface area contributed by atoms with Crippen LogP contribution in [0.25, 0.3) is 23.0 Å². The lowest BCUT2D eigenvalue weighted by atomic mass is 10.0. The Labute approximate surface area is 189 Å². The van der Waals surface area contributed by atoms with Crippen LogP contribution in [0, 0.1) is 25.7 Å². The Morgan fingerprint density at radius 1 is 1.03 bits per heavy atom. The van der Waals surface area contributed by atoms with Gasteiger partial charge in [-0.2, -0.15) is 4.98 Å². The number of aromatic nitrogens is 3. The van der Waals surface area contributed by atoms with Crippen LogP contribution in [0.5, 0.6) is 5.75 Å². The summed E-state index contributed by atoms with van der Waals surface area (Å²) in [6, 6.07) is 5.95. The molecule has 2 N–H and O–H groups in total. The van der Waals surface area contributed by atoms with Crippen molar-refractivity contribution in [3.63, 3.8) is 0 Å². The molecule has 0 aliphatic carbocycles. The molecule has 2 aromatic heterocycles. The molecule has 0 aliphatic rings. The molecule has 0 atom stereocenters. The van der Waals surface area contributed by atoms with Crippen LogP contribution in [0.1, 0.15) is 43.0 Å². The normalized spacial score (nSPS) is 11.5. The van der Waals surface area contributed by atoms with Crippen molar-refractivity contribution in [2.24, 2.45) is 11.8 Å². The average molecular weight is 440 g/mol. The fourth-order valence-corrected chi connectivity index (χ4v) is 3.61. The number of ether oxygens (including phenoxy) is 1. The molecule has 0 bridgehead atoms. The monoisotopic (exact) mass is 439 g/mol. The van der Waals surface area contributed by atoms with E-state index in [1.807, 2.05) is 38.2 Å². The van der Waals surface area contributed by atoms with E-state index in [-0.39, 0.29) is 25.7 Å². The van der Waals surface area contributed by atoms with E-state index in [1.54, 1.807) is 0 Å². The Morgan fingerprint density at radius 3 is 2.41 bits per heavy atom. The lowest BCUT2D eigenvalue weighted by Gasteiger charge is -2.17. The number of aliphatic hydroxyl groups is 2. The van der Waals surface area contributed by atoms with E-state index in [2.05, 4.69) is 35.9 Å². The molecule has 0 spiro atoms. The zero-order valence-corrected chi connectivity index (χ0v) is 19.6. The van der Waals surface area contributed by atoms with E-state index < -0.39 is 0 Å². The third kappa shape index (κ3) is 5.53. The summed E-state index contributed by atoms with van der Waals surface area (Å²) < 4.78 is 11.4. The van der Waals surface area contributed by atoms with Crippen LogP contribution < -0.4 is 4.74 Å². The molecule has 3 rings (SSSR count). The second kappa shape index (κ2) is 10.7. The van der Waals surface area contributed by atoms with Crippen molar-refractivity contribution in [2.45, 2.75) is 47.5 Å². The first-order valence-electron chi connectivity index (χ1n) is 11.1. The van der Waals surface area contributed by atoms with Crippen LogP contribution in [0.2, 0.25) is 0 Å². The highest BCUT2D eigenvalue weighted by molar-refractivity contribution is 5.63. The van der Waals surface area contributed by atoms with E-state index in [0.717, 1.165) is 40.8 Å². The lowest BCUT2D eigenvalue weighted by Crippen LogP contribution is -2.20. The van der Waals surface area contributed by atoms with Gasteiger partial charge in [0.2, 0.25) is 5.82 Å². The zero-order chi connectivity index (χ0) is 23.3. The molecular formula is C25H33N3O4. The largest absolute Gasteiger partial charge is 0.493 e. The highest BCUT2D eigenvalue weighted by atomic mass is 16.5. The van der Waals surface area contributed by atoms with Gasteiger partial charge in [-0.3, -0.25) is 4.98 Å². The van der Waals surface area contributed by atoms with Crippen molar-refractivity contribution < 1.29 is 19.5 Å². The molecule has 0 saturated carbocycles. The molecule has 3 aromatic rings. The average Bonchev–Trinajstić information content (AvgIpc) is 3.26. The summed E-state index contributed by atoms with van der Waals surface area (Å²) in [5.41, 5.74) is 5.85. The first kappa shape index (κ1) is 23.9. The Morgan fingerprint density at radius 2 is 1.78 bits per heavy atom. The molecule has 0 radical (unpaired) electrons. The molecule has 0 aliphatic heterocycles. The summed E-state index contributed by atoms with van der Waals surface area (Å²) in [6.45, 7) is 10.5. The fraction of sp³-hybridized carbons (Fsp3) is 0.480. The van der Waals surface area contributed by atoms with Crippen molar-refractivity contribution in [1.82, 2.24) is 15.1 Å². The second-order valence-electron chi connectivity index (χ2n) is 8.69. The van der Waals surface area contributed by atoms with Gasteiger partial charge in [0.15, 0.2) is 0 Å². The maximum Gasteiger partial charge on any atom is 0.276 e. The maximum absolute atomic E-state index is 9.29. The number of benzene rings is 1. The second-order valence-corrected chi connectivity index (χ2v) is 8.69. The highest BCUT2D eigenvalue weighted by Crippen LogP contribution is 2.31. The molecule has 0 fully saturated rings. The third-order valence-electron chi connectivity index (χ3n) is 5.46. The zero-order valence-electron chi connectivity index (χ0n) is 19.6. The van der Waals surface area contributed by atoms with E-state index in [4.69, 9.17) is 9.26 Å². The van der Waals surface area contributed by atoms with Crippen molar-refractivity contribution in [2.75, 3.05) is 19.8 Å². The number of pyridine rings is 1. The Bertz CT molecular complexity index is 1040. The van der Waals surface area contributed by atoms with Gasteiger partial charge in [-0.05, 0) is 73.1 Å². The first-order valence-corrected chi connectivity index (χ1v) is 11.1. The van der Waals surface area contributed by atoms with Gasteiger partial charge in [0.25, 0.3) is 5.89 Å². The van der Waals surface area contributed by atoms with Crippen LogP contribution in [0.15, 0.2) is 28.9 Å². The Hall–Kier alpha value is -2.77. The number of nitrogens with zero attached hydrogens (tertiary/aromatic N) is 3. The van der Waals surface area contributed by atoms with Crippen LogP contribution >= 0.6 is 0 Å². The lowest BCUT2D eigenvalue weighted by molar-refractivity contribution is 0.105. The summed E-state index contributed by atoms with van der Waals surface area (Å²) in [4.78, 5) is 9.12. The summed E-state index contributed by atoms with van der Waals surface area (Å²) >= 11 is 0. The van der Waals surface area contributed by atoms with Crippen LogP contribution in [-0.4, -0.2) is 45.2 Å². The summed E-state index contributed by atoms with van der Waals surface area (Å²) in [7, 11) is 0. The van der Waals surface area contributed by atoms with E-state index in [0.29, 0.717) is 23.3 Å². The summed E-state index contributed by atoms with van der Waals surface area (Å²) in [6.07, 6.45) is 3.64. The van der Waals surface area contributed by atoms with Gasteiger partial charge in [-0.1, -0.05) is 25.9 Å². The van der Waals surface area contributed by atoms with Gasteiger partial charge in [0.05, 0.1) is 19.8 Å². The van der Waals surface area contributed by atoms with E-state index in [1.165, 1.54) is 5.56 Å². The van der Waals surface area contributed by atoms with Gasteiger partial charge in [0.1, 0.15) is 11.4 Å². The topological polar surface area (TPSA) is 102 Å². The highest BCUT2D eigenvalue weighted by Gasteiger charge is 2.17. The smallest absolute Gasteiger partial charge is 0.276 e. The minimum atomic E-state index is -0.304. The number of aliphatic hydroxyl groups excluding tert-OH is 2. The van der Waals surface area contributed by atoms with Crippen LogP contribution in [-0.2, 0) is 12.8 Å². The maximum atomic E-state index is 9.29. The predicted molar refractivity (Wildman–Crippen MR) is 124 cm³/mol. The van der Waals surface area contributed by atoms with Gasteiger partial charge in [-0.25, -0.2) is 0 Å². The Balaban J connectivity index is 1.85. The number of aryl methyl sites for hydroxylation is 3. The SMILES string of the molecule is CCc1cc(-c2noc(-c3cc(C)c(CC(C)C)cn3)n2)cc(C)c1OCC(CO)CO. The molecular weight excluding hydrogens is 406 g/mol. The van der Waals surface area contributed by atoms with Gasteiger partial charge >= 0.3 is 0 Å². The van der Waals surface area contributed by atoms with Gasteiger partial charge in [0, 0.05) is 17.7 Å². The molecule has 2 heterocycles. The quantitative estimate of drug-likeness (QED) is 0.489. The van der Waals surface area contributed by atoms with Crippen molar-refractivity contribution in [3.8, 4) is 28.7 Å². The van der Waals surface area contributed by atoms with Crippen LogP contribution in [0.3, 0.4) is 0 Å².